The first kappa shape index (κ1) is 20.5. The summed E-state index contributed by atoms with van der Waals surface area (Å²) in [6.45, 7) is -0.00879. The molecule has 0 aliphatic carbocycles. The zero-order valence-corrected chi connectivity index (χ0v) is 17.3. The highest BCUT2D eigenvalue weighted by Gasteiger charge is 2.33. The third kappa shape index (κ3) is 4.69. The topological polar surface area (TPSA) is 67.9 Å². The van der Waals surface area contributed by atoms with Gasteiger partial charge >= 0.3 is 0 Å². The molecule has 0 fully saturated rings. The number of likely N-dealkylation sites (N-methyl/N-ethyl adjacent to an activating group) is 1. The Balaban J connectivity index is 1.49. The van der Waals surface area contributed by atoms with Crippen molar-refractivity contribution >= 4 is 17.5 Å². The zero-order valence-electron chi connectivity index (χ0n) is 17.3. The first-order chi connectivity index (χ1) is 15.2. The van der Waals surface area contributed by atoms with Crippen molar-refractivity contribution in [2.45, 2.75) is 12.5 Å². The highest BCUT2D eigenvalue weighted by molar-refractivity contribution is 5.98. The van der Waals surface area contributed by atoms with Gasteiger partial charge in [0.1, 0.15) is 11.5 Å². The quantitative estimate of drug-likeness (QED) is 0.670. The molecular weight excluding hydrogens is 392 g/mol. The maximum absolute atomic E-state index is 13.1. The van der Waals surface area contributed by atoms with Crippen molar-refractivity contribution in [2.24, 2.45) is 0 Å². The Kier molecular flexibility index (Phi) is 6.17. The molecule has 0 spiro atoms. The molecule has 0 saturated carbocycles. The van der Waals surface area contributed by atoms with Gasteiger partial charge < -0.3 is 19.7 Å². The fraction of sp³-hybridized carbons (Fsp3) is 0.200. The molecule has 4 rings (SSSR count). The van der Waals surface area contributed by atoms with Crippen molar-refractivity contribution in [1.29, 1.82) is 0 Å². The normalized spacial score (nSPS) is 14.9. The number of benzene rings is 3. The van der Waals surface area contributed by atoms with Crippen LogP contribution in [0, 0.1) is 0 Å². The van der Waals surface area contributed by atoms with E-state index in [1.807, 2.05) is 54.6 Å². The van der Waals surface area contributed by atoms with Gasteiger partial charge in [-0.15, -0.1) is 0 Å². The van der Waals surface area contributed by atoms with E-state index in [2.05, 4.69) is 17.4 Å². The van der Waals surface area contributed by atoms with E-state index in [4.69, 9.17) is 9.47 Å². The van der Waals surface area contributed by atoms with Crippen LogP contribution in [0.2, 0.25) is 0 Å². The van der Waals surface area contributed by atoms with Gasteiger partial charge in [0.25, 0.3) is 11.8 Å². The van der Waals surface area contributed by atoms with Gasteiger partial charge in [-0.2, -0.15) is 0 Å². The van der Waals surface area contributed by atoms with Gasteiger partial charge in [0.2, 0.25) is 0 Å². The van der Waals surface area contributed by atoms with Crippen LogP contribution < -0.4 is 19.7 Å². The molecule has 3 aromatic rings. The van der Waals surface area contributed by atoms with Crippen LogP contribution in [0.4, 0.5) is 5.69 Å². The van der Waals surface area contributed by atoms with E-state index in [-0.39, 0.29) is 25.0 Å². The van der Waals surface area contributed by atoms with Gasteiger partial charge in [0.15, 0.2) is 12.7 Å². The first-order valence-electron chi connectivity index (χ1n) is 10.2. The number of nitrogens with one attached hydrogen (secondary N) is 1. The van der Waals surface area contributed by atoms with Crippen molar-refractivity contribution in [3.05, 3.63) is 90.0 Å². The lowest BCUT2D eigenvalue weighted by molar-refractivity contribution is -0.128. The van der Waals surface area contributed by atoms with Crippen LogP contribution in [-0.2, 0) is 16.0 Å². The monoisotopic (exact) mass is 416 g/mol. The summed E-state index contributed by atoms with van der Waals surface area (Å²) in [4.78, 5) is 26.8. The summed E-state index contributed by atoms with van der Waals surface area (Å²) >= 11 is 0. The Bertz CT molecular complexity index is 1070. The standard InChI is InChI=1S/C25H24N2O4/c1-26-25(29)23-16-27(20-12-6-8-14-22(20)31-23)24(28)17-30-21-13-7-5-11-19(21)15-18-9-3-2-4-10-18/h2-14,23H,15-17H2,1H3,(H,26,29)/t23-/m1/s1. The number of amides is 2. The molecule has 1 N–H and O–H groups in total. The molecule has 0 bridgehead atoms. The third-order valence-corrected chi connectivity index (χ3v) is 5.17. The number of hydrogen-bond acceptors (Lipinski definition) is 4. The van der Waals surface area contributed by atoms with E-state index >= 15 is 0 Å². The van der Waals surface area contributed by atoms with Gasteiger partial charge in [-0.25, -0.2) is 0 Å². The Morgan fingerprint density at radius 1 is 1.00 bits per heavy atom. The average Bonchev–Trinajstić information content (AvgIpc) is 2.82. The van der Waals surface area contributed by atoms with E-state index in [9.17, 15) is 9.59 Å². The number of carbonyl (C=O) groups excluding carboxylic acids is 2. The maximum Gasteiger partial charge on any atom is 0.265 e. The minimum Gasteiger partial charge on any atom is -0.483 e. The molecule has 3 aromatic carbocycles. The summed E-state index contributed by atoms with van der Waals surface area (Å²) < 4.78 is 11.7. The molecule has 0 radical (unpaired) electrons. The maximum atomic E-state index is 13.1. The largest absolute Gasteiger partial charge is 0.483 e. The second kappa shape index (κ2) is 9.34. The van der Waals surface area contributed by atoms with Crippen LogP contribution in [0.25, 0.3) is 0 Å². The molecule has 1 heterocycles. The fourth-order valence-corrected chi connectivity index (χ4v) is 3.59. The summed E-state index contributed by atoms with van der Waals surface area (Å²) in [7, 11) is 1.55. The molecule has 1 aliphatic heterocycles. The highest BCUT2D eigenvalue weighted by Crippen LogP contribution is 2.33. The Morgan fingerprint density at radius 2 is 1.71 bits per heavy atom. The number of anilines is 1. The molecule has 0 aromatic heterocycles. The van der Waals surface area contributed by atoms with Gasteiger partial charge in [-0.1, -0.05) is 60.7 Å². The molecule has 158 valence electrons. The second-order valence-corrected chi connectivity index (χ2v) is 7.25. The van der Waals surface area contributed by atoms with E-state index in [1.54, 1.807) is 24.1 Å². The van der Waals surface area contributed by atoms with Crippen molar-refractivity contribution in [3.8, 4) is 11.5 Å². The van der Waals surface area contributed by atoms with E-state index in [0.717, 1.165) is 5.56 Å². The van der Waals surface area contributed by atoms with E-state index in [0.29, 0.717) is 23.6 Å². The van der Waals surface area contributed by atoms with Crippen LogP contribution in [0.15, 0.2) is 78.9 Å². The molecule has 6 heteroatoms. The molecule has 1 aliphatic rings. The smallest absolute Gasteiger partial charge is 0.265 e. The van der Waals surface area contributed by atoms with Crippen LogP contribution in [0.3, 0.4) is 0 Å². The number of hydrogen-bond donors (Lipinski definition) is 1. The van der Waals surface area contributed by atoms with Crippen LogP contribution in [-0.4, -0.2) is 38.1 Å². The number of ether oxygens (including phenoxy) is 2. The Hall–Kier alpha value is -3.80. The summed E-state index contributed by atoms with van der Waals surface area (Å²) in [5, 5.41) is 2.58. The van der Waals surface area contributed by atoms with Crippen LogP contribution in [0.1, 0.15) is 11.1 Å². The van der Waals surface area contributed by atoms with Crippen LogP contribution in [0.5, 0.6) is 11.5 Å². The number of carbonyl (C=O) groups is 2. The summed E-state index contributed by atoms with van der Waals surface area (Å²) in [5.74, 6) is 0.657. The van der Waals surface area contributed by atoms with Gasteiger partial charge in [-0.3, -0.25) is 9.59 Å². The minimum absolute atomic E-state index is 0.130. The van der Waals surface area contributed by atoms with E-state index in [1.165, 1.54) is 5.56 Å². The fourth-order valence-electron chi connectivity index (χ4n) is 3.59. The summed E-state index contributed by atoms with van der Waals surface area (Å²) in [6, 6.07) is 25.0. The van der Waals surface area contributed by atoms with Gasteiger partial charge in [0, 0.05) is 13.5 Å². The summed E-state index contributed by atoms with van der Waals surface area (Å²) in [6.07, 6.45) is -0.0566. The Morgan fingerprint density at radius 3 is 2.52 bits per heavy atom. The number of para-hydroxylation sites is 3. The first-order valence-corrected chi connectivity index (χ1v) is 10.2. The summed E-state index contributed by atoms with van der Waals surface area (Å²) in [5.41, 5.74) is 2.81. The van der Waals surface area contributed by atoms with E-state index < -0.39 is 6.10 Å². The molecule has 31 heavy (non-hydrogen) atoms. The molecule has 6 nitrogen and oxygen atoms in total. The SMILES string of the molecule is CNC(=O)[C@H]1CN(C(=O)COc2ccccc2Cc2ccccc2)c2ccccc2O1. The van der Waals surface area contributed by atoms with Gasteiger partial charge in [-0.05, 0) is 29.3 Å². The third-order valence-electron chi connectivity index (χ3n) is 5.17. The average molecular weight is 416 g/mol. The molecule has 2 amide bonds. The molecule has 0 saturated heterocycles. The predicted octanol–water partition coefficient (Wildman–Crippen LogP) is 3.20. The van der Waals surface area contributed by atoms with Gasteiger partial charge in [0.05, 0.1) is 12.2 Å². The zero-order chi connectivity index (χ0) is 21.6. The van der Waals surface area contributed by atoms with Crippen molar-refractivity contribution < 1.29 is 19.1 Å². The lowest BCUT2D eigenvalue weighted by atomic mass is 10.0. The highest BCUT2D eigenvalue weighted by atomic mass is 16.5. The lowest BCUT2D eigenvalue weighted by Gasteiger charge is -2.34. The molecule has 0 unspecified atom stereocenters. The number of fused-ring (bicyclic) bond motifs is 1. The second-order valence-electron chi connectivity index (χ2n) is 7.25. The predicted molar refractivity (Wildman–Crippen MR) is 118 cm³/mol. The molecule has 1 atom stereocenters. The number of nitrogens with zero attached hydrogens (tertiary/aromatic N) is 1. The minimum atomic E-state index is -0.769. The lowest BCUT2D eigenvalue weighted by Crippen LogP contribution is -2.51. The van der Waals surface area contributed by atoms with Crippen LogP contribution >= 0.6 is 0 Å². The molecular formula is C25H24N2O4. The Labute approximate surface area is 181 Å². The number of rotatable bonds is 6. The van der Waals surface area contributed by atoms with Crippen molar-refractivity contribution in [3.63, 3.8) is 0 Å². The van der Waals surface area contributed by atoms with Crippen molar-refractivity contribution in [1.82, 2.24) is 5.32 Å². The van der Waals surface area contributed by atoms with Crippen molar-refractivity contribution in [2.75, 3.05) is 25.1 Å².